The van der Waals surface area contributed by atoms with Gasteiger partial charge in [-0.2, -0.15) is 0 Å². The van der Waals surface area contributed by atoms with Crippen LogP contribution in [0.1, 0.15) is 0 Å². The summed E-state index contributed by atoms with van der Waals surface area (Å²) in [6.45, 7) is 0. The van der Waals surface area contributed by atoms with Gasteiger partial charge in [-0.3, -0.25) is 0 Å². The fraction of sp³-hybridized carbons (Fsp3) is 0. The average Bonchev–Trinajstić information content (AvgIpc) is 3.84. The second-order valence-corrected chi connectivity index (χ2v) is 15.6. The third-order valence-corrected chi connectivity index (χ3v) is 12.5. The van der Waals surface area contributed by atoms with Crippen molar-refractivity contribution in [1.29, 1.82) is 0 Å². The largest absolute Gasteiger partial charge is 0.455 e. The molecule has 0 atom stereocenters. The summed E-state index contributed by atoms with van der Waals surface area (Å²) in [5.41, 5.74) is 8.48. The fourth-order valence-electron chi connectivity index (χ4n) is 9.93. The van der Waals surface area contributed by atoms with Gasteiger partial charge < -0.3 is 13.9 Å². The molecule has 0 bridgehead atoms. The molecule has 13 rings (SSSR count). The van der Waals surface area contributed by atoms with Crippen molar-refractivity contribution in [1.82, 2.24) is 4.57 Å². The Balaban J connectivity index is 1.16. The van der Waals surface area contributed by atoms with E-state index in [2.05, 4.69) is 216 Å². The smallest absolute Gasteiger partial charge is 0.145 e. The van der Waals surface area contributed by atoms with Crippen molar-refractivity contribution in [2.75, 3.05) is 4.90 Å². The maximum Gasteiger partial charge on any atom is 0.145 e. The van der Waals surface area contributed by atoms with Crippen LogP contribution in [0.4, 0.5) is 17.1 Å². The molecule has 0 unspecified atom stereocenters. The Hall–Kier alpha value is -7.88. The molecule has 0 N–H and O–H groups in total. The third-order valence-electron chi connectivity index (χ3n) is 12.5. The number of para-hydroxylation sites is 2. The van der Waals surface area contributed by atoms with Crippen molar-refractivity contribution >= 4 is 115 Å². The molecule has 59 heavy (non-hydrogen) atoms. The molecule has 3 nitrogen and oxygen atoms in total. The molecule has 0 aliphatic carbocycles. The van der Waals surface area contributed by atoms with E-state index in [4.69, 9.17) is 4.42 Å². The number of nitrogens with zero attached hydrogens (tertiary/aromatic N) is 2. The molecule has 0 saturated heterocycles. The van der Waals surface area contributed by atoms with Gasteiger partial charge in [0, 0.05) is 44.0 Å². The summed E-state index contributed by atoms with van der Waals surface area (Å²) in [4.78, 5) is 2.44. The summed E-state index contributed by atoms with van der Waals surface area (Å²) >= 11 is 0. The summed E-state index contributed by atoms with van der Waals surface area (Å²) in [6, 6.07) is 74.9. The van der Waals surface area contributed by atoms with E-state index in [1.807, 2.05) is 0 Å². The van der Waals surface area contributed by atoms with Crippen molar-refractivity contribution in [2.24, 2.45) is 0 Å². The lowest BCUT2D eigenvalue weighted by Gasteiger charge is -2.28. The summed E-state index contributed by atoms with van der Waals surface area (Å²) in [5.74, 6) is 0. The number of anilines is 3. The minimum atomic E-state index is 0.894. The zero-order chi connectivity index (χ0) is 38.6. The third kappa shape index (κ3) is 4.64. The maximum atomic E-state index is 7.15. The quantitative estimate of drug-likeness (QED) is 0.132. The van der Waals surface area contributed by atoms with E-state index in [1.54, 1.807) is 0 Å². The number of hydrogen-bond donors (Lipinski definition) is 0. The molecule has 0 radical (unpaired) electrons. The number of aromatic nitrogens is 1. The molecule has 2 heterocycles. The van der Waals surface area contributed by atoms with Gasteiger partial charge in [-0.15, -0.1) is 0 Å². The molecule has 13 aromatic rings. The lowest BCUT2D eigenvalue weighted by Crippen LogP contribution is -2.11. The molecule has 0 fully saturated rings. The van der Waals surface area contributed by atoms with E-state index in [1.165, 1.54) is 53.9 Å². The van der Waals surface area contributed by atoms with Gasteiger partial charge in [0.15, 0.2) is 0 Å². The van der Waals surface area contributed by atoms with Gasteiger partial charge in [0.05, 0.1) is 22.1 Å². The predicted octanol–water partition coefficient (Wildman–Crippen LogP) is 15.9. The Morgan fingerprint density at radius 1 is 0.339 bits per heavy atom. The Morgan fingerprint density at radius 3 is 1.54 bits per heavy atom. The van der Waals surface area contributed by atoms with Crippen LogP contribution in [0.25, 0.3) is 103 Å². The van der Waals surface area contributed by atoms with Crippen LogP contribution < -0.4 is 4.90 Å². The van der Waals surface area contributed by atoms with Crippen molar-refractivity contribution in [3.05, 3.63) is 206 Å². The lowest BCUT2D eigenvalue weighted by atomic mass is 9.93. The summed E-state index contributed by atoms with van der Waals surface area (Å²) in [6.07, 6.45) is 0. The minimum absolute atomic E-state index is 0.894. The van der Waals surface area contributed by atoms with E-state index in [-0.39, 0.29) is 0 Å². The van der Waals surface area contributed by atoms with Crippen LogP contribution >= 0.6 is 0 Å². The zero-order valence-corrected chi connectivity index (χ0v) is 31.9. The van der Waals surface area contributed by atoms with Crippen LogP contribution in [0, 0.1) is 0 Å². The van der Waals surface area contributed by atoms with Gasteiger partial charge in [0.2, 0.25) is 0 Å². The van der Waals surface area contributed by atoms with Crippen LogP contribution in [0.3, 0.4) is 0 Å². The second kappa shape index (κ2) is 12.3. The SMILES string of the molecule is c1ccc(N(c2ccc3c(c2)c2c4oc5cc6c7ccccc7c7ccccc7c6cc5c4ccc2n3-c2ccccc2)c2c3ccccc3cc3ccccc23)cc1. The molecule has 11 aromatic carbocycles. The predicted molar refractivity (Wildman–Crippen MR) is 250 cm³/mol. The summed E-state index contributed by atoms with van der Waals surface area (Å²) < 4.78 is 9.54. The zero-order valence-electron chi connectivity index (χ0n) is 31.9. The molecule has 0 aliphatic heterocycles. The summed E-state index contributed by atoms with van der Waals surface area (Å²) in [5, 5.41) is 16.8. The van der Waals surface area contributed by atoms with E-state index in [0.29, 0.717) is 0 Å². The highest BCUT2D eigenvalue weighted by atomic mass is 16.3. The first-order valence-electron chi connectivity index (χ1n) is 20.3. The Kier molecular flexibility index (Phi) is 6.72. The van der Waals surface area contributed by atoms with Crippen molar-refractivity contribution in [2.45, 2.75) is 0 Å². The second-order valence-electron chi connectivity index (χ2n) is 15.6. The highest BCUT2D eigenvalue weighted by molar-refractivity contribution is 6.30. The molecule has 0 aliphatic rings. The molecule has 0 saturated carbocycles. The van der Waals surface area contributed by atoms with Crippen LogP contribution in [0.2, 0.25) is 0 Å². The number of furan rings is 1. The molecule has 274 valence electrons. The van der Waals surface area contributed by atoms with Crippen molar-refractivity contribution in [3.63, 3.8) is 0 Å². The Morgan fingerprint density at radius 2 is 0.881 bits per heavy atom. The highest BCUT2D eigenvalue weighted by Crippen LogP contribution is 2.48. The Bertz CT molecular complexity index is 3790. The van der Waals surface area contributed by atoms with Gasteiger partial charge in [-0.25, -0.2) is 0 Å². The lowest BCUT2D eigenvalue weighted by molar-refractivity contribution is 0.673. The van der Waals surface area contributed by atoms with Crippen LogP contribution in [-0.4, -0.2) is 4.57 Å². The highest BCUT2D eigenvalue weighted by Gasteiger charge is 2.24. The maximum absolute atomic E-state index is 7.15. The Labute approximate surface area is 339 Å². The van der Waals surface area contributed by atoms with Gasteiger partial charge in [0.25, 0.3) is 0 Å². The first-order chi connectivity index (χ1) is 29.3. The summed E-state index contributed by atoms with van der Waals surface area (Å²) in [7, 11) is 0. The normalized spacial score (nSPS) is 12.1. The standard InChI is InChI=1S/C56H34N2O/c1-3-17-37(18-4-1)57(55-40-21-9-7-15-35(40)31-36-16-8-10-22-41(36)55)39-27-29-51-50(32-39)54-52(58(51)38-19-5-2-6-20-38)30-28-46-49-33-47-44-25-13-11-23-42(44)43-24-12-14-26-45(43)48(47)34-53(49)59-56(46)54/h1-34H. The van der Waals surface area contributed by atoms with E-state index in [0.717, 1.165) is 66.5 Å². The van der Waals surface area contributed by atoms with Crippen LogP contribution in [0.15, 0.2) is 211 Å². The monoisotopic (exact) mass is 750 g/mol. The molecule has 3 heteroatoms. The topological polar surface area (TPSA) is 21.3 Å². The molecule has 0 spiro atoms. The van der Waals surface area contributed by atoms with Gasteiger partial charge >= 0.3 is 0 Å². The first kappa shape index (κ1) is 32.2. The van der Waals surface area contributed by atoms with Gasteiger partial charge in [-0.05, 0) is 116 Å². The fourth-order valence-corrected chi connectivity index (χ4v) is 9.93. The van der Waals surface area contributed by atoms with Crippen LogP contribution in [0.5, 0.6) is 0 Å². The average molecular weight is 751 g/mol. The first-order valence-corrected chi connectivity index (χ1v) is 20.3. The van der Waals surface area contributed by atoms with Crippen LogP contribution in [-0.2, 0) is 0 Å². The van der Waals surface area contributed by atoms with Gasteiger partial charge in [-0.1, -0.05) is 133 Å². The molecular weight excluding hydrogens is 717 g/mol. The van der Waals surface area contributed by atoms with Crippen molar-refractivity contribution < 1.29 is 4.42 Å². The number of rotatable bonds is 4. The van der Waals surface area contributed by atoms with E-state index < -0.39 is 0 Å². The van der Waals surface area contributed by atoms with Gasteiger partial charge in [0.1, 0.15) is 11.2 Å². The molecule has 2 aromatic heterocycles. The molecule has 0 amide bonds. The minimum Gasteiger partial charge on any atom is -0.455 e. The van der Waals surface area contributed by atoms with E-state index in [9.17, 15) is 0 Å². The number of fused-ring (bicyclic) bond motifs is 15. The van der Waals surface area contributed by atoms with E-state index >= 15 is 0 Å². The van der Waals surface area contributed by atoms with Crippen molar-refractivity contribution in [3.8, 4) is 5.69 Å². The number of hydrogen-bond acceptors (Lipinski definition) is 2. The molecular formula is C56H34N2O. The number of benzene rings is 11.